The molecule has 0 spiro atoms. The average molecular weight is 264 g/mol. The Kier molecular flexibility index (Phi) is 6.97. The van der Waals surface area contributed by atoms with Crippen LogP contribution in [0, 0.1) is 0 Å². The number of aromatic nitrogens is 2. The van der Waals surface area contributed by atoms with Crippen LogP contribution in [0.3, 0.4) is 0 Å². The van der Waals surface area contributed by atoms with Gasteiger partial charge >= 0.3 is 15.4 Å². The first-order valence-corrected chi connectivity index (χ1v) is 5.23. The molecule has 0 saturated carbocycles. The smallest absolute Gasteiger partial charge is 0.449 e. The number of oxazole rings is 2. The van der Waals surface area contributed by atoms with Gasteiger partial charge in [-0.2, -0.15) is 8.42 Å². The van der Waals surface area contributed by atoms with Crippen LogP contribution in [-0.4, -0.2) is 33.3 Å². The molecule has 0 radical (unpaired) electrons. The van der Waals surface area contributed by atoms with Gasteiger partial charge in [-0.3, -0.25) is 4.55 Å². The van der Waals surface area contributed by atoms with E-state index in [2.05, 4.69) is 18.8 Å². The van der Waals surface area contributed by atoms with E-state index in [9.17, 15) is 13.2 Å². The first-order valence-electron chi connectivity index (χ1n) is 3.79. The van der Waals surface area contributed by atoms with Gasteiger partial charge in [-0.25, -0.2) is 14.8 Å². The zero-order valence-electron chi connectivity index (χ0n) is 8.20. The van der Waals surface area contributed by atoms with Crippen molar-refractivity contribution >= 4 is 15.4 Å². The summed E-state index contributed by atoms with van der Waals surface area (Å²) in [4.78, 5) is 16.3. The van der Waals surface area contributed by atoms with E-state index in [1.54, 1.807) is 12.4 Å². The topological polar surface area (TPSA) is 144 Å². The number of hydrogen-bond donors (Lipinski definition) is 2. The number of carboxylic acid groups (broad SMARTS) is 1. The Labute approximate surface area is 95.5 Å². The van der Waals surface area contributed by atoms with Crippen molar-refractivity contribution in [3.05, 3.63) is 37.7 Å². The molecular formula is C7H8N2O7S. The Balaban J connectivity index is 0.000000229. The van der Waals surface area contributed by atoms with Crippen LogP contribution in [0.15, 0.2) is 46.5 Å². The maximum atomic E-state index is 9.29. The van der Waals surface area contributed by atoms with Gasteiger partial charge in [0.05, 0.1) is 12.4 Å². The summed E-state index contributed by atoms with van der Waals surface area (Å²) >= 11 is 0. The molecule has 2 N–H and O–H groups in total. The number of nitrogens with zero attached hydrogens (tertiary/aromatic N) is 2. The fourth-order valence-corrected chi connectivity index (χ4v) is 0.351. The lowest BCUT2D eigenvalue weighted by Gasteiger charge is -1.78. The van der Waals surface area contributed by atoms with Crippen molar-refractivity contribution < 1.29 is 31.7 Å². The molecule has 2 aromatic heterocycles. The molecule has 0 aromatic carbocycles. The third-order valence-electron chi connectivity index (χ3n) is 0.915. The molecule has 17 heavy (non-hydrogen) atoms. The highest BCUT2D eigenvalue weighted by Crippen LogP contribution is 1.79. The third-order valence-corrected chi connectivity index (χ3v) is 1.36. The standard InChI is InChI=1S/2C3H3NO.CH2O5S/c2*1-2-5-3-4-1;2-1(3)7(4,5)6/h2*1-3H;(H,2,3)(H,4,5,6). The van der Waals surface area contributed by atoms with Gasteiger partial charge in [-0.05, 0) is 0 Å². The second kappa shape index (κ2) is 8.01. The molecule has 0 atom stereocenters. The van der Waals surface area contributed by atoms with Crippen LogP contribution in [0.5, 0.6) is 0 Å². The molecule has 9 nitrogen and oxygen atoms in total. The molecule has 0 unspecified atom stereocenters. The maximum absolute atomic E-state index is 9.29. The van der Waals surface area contributed by atoms with E-state index in [1.165, 1.54) is 25.3 Å². The lowest BCUT2D eigenvalue weighted by molar-refractivity contribution is 0.216. The number of hydrogen-bond acceptors (Lipinski definition) is 7. The van der Waals surface area contributed by atoms with Crippen LogP contribution in [0.25, 0.3) is 0 Å². The van der Waals surface area contributed by atoms with Crippen molar-refractivity contribution in [1.82, 2.24) is 9.97 Å². The predicted molar refractivity (Wildman–Crippen MR) is 52.6 cm³/mol. The van der Waals surface area contributed by atoms with E-state index in [4.69, 9.17) is 9.66 Å². The lowest BCUT2D eigenvalue weighted by Crippen LogP contribution is -2.08. The van der Waals surface area contributed by atoms with Crippen molar-refractivity contribution in [1.29, 1.82) is 0 Å². The summed E-state index contributed by atoms with van der Waals surface area (Å²) < 4.78 is 35.0. The Morgan fingerprint density at radius 1 is 1.06 bits per heavy atom. The molecule has 0 bridgehead atoms. The molecule has 0 aliphatic rings. The second-order valence-corrected chi connectivity index (χ2v) is 3.39. The minimum absolute atomic E-state index is 1.38. The minimum atomic E-state index is -4.82. The quantitative estimate of drug-likeness (QED) is 0.662. The summed E-state index contributed by atoms with van der Waals surface area (Å²) in [5, 5.41) is 5.18. The van der Waals surface area contributed by atoms with E-state index in [0.29, 0.717) is 0 Å². The molecule has 0 aliphatic heterocycles. The van der Waals surface area contributed by atoms with Gasteiger partial charge in [-0.1, -0.05) is 0 Å². The van der Waals surface area contributed by atoms with E-state index in [0.717, 1.165) is 0 Å². The molecule has 0 fully saturated rings. The van der Waals surface area contributed by atoms with Gasteiger partial charge < -0.3 is 13.9 Å². The summed E-state index contributed by atoms with van der Waals surface area (Å²) in [5.74, 6) is 0. The maximum Gasteiger partial charge on any atom is 0.449 e. The Morgan fingerprint density at radius 2 is 1.41 bits per heavy atom. The van der Waals surface area contributed by atoms with Gasteiger partial charge in [0.15, 0.2) is 12.8 Å². The van der Waals surface area contributed by atoms with Gasteiger partial charge in [0, 0.05) is 0 Å². The fourth-order valence-electron chi connectivity index (χ4n) is 0.351. The summed E-state index contributed by atoms with van der Waals surface area (Å²) in [7, 11) is -4.82. The Bertz CT molecular complexity index is 416. The Morgan fingerprint density at radius 3 is 1.47 bits per heavy atom. The minimum Gasteiger partial charge on any atom is -0.468 e. The fraction of sp³-hybridized carbons (Fsp3) is 0. The average Bonchev–Trinajstić information content (AvgIpc) is 2.96. The SMILES string of the molecule is O=C(O)S(=O)(=O)O.c1cocn1.c1cocn1. The van der Waals surface area contributed by atoms with Crippen LogP contribution in [-0.2, 0) is 10.1 Å². The molecular weight excluding hydrogens is 256 g/mol. The molecule has 0 aliphatic carbocycles. The second-order valence-electron chi connectivity index (χ2n) is 2.09. The molecule has 2 aromatic rings. The Hall–Kier alpha value is -2.20. The highest BCUT2D eigenvalue weighted by atomic mass is 32.2. The van der Waals surface area contributed by atoms with Gasteiger partial charge in [0.2, 0.25) is 0 Å². The van der Waals surface area contributed by atoms with Gasteiger partial charge in [0.1, 0.15) is 12.5 Å². The highest BCUT2D eigenvalue weighted by molar-refractivity contribution is 8.00. The van der Waals surface area contributed by atoms with E-state index in [-0.39, 0.29) is 0 Å². The zero-order chi connectivity index (χ0) is 13.1. The summed E-state index contributed by atoms with van der Waals surface area (Å²) in [6.45, 7) is 0. The van der Waals surface area contributed by atoms with Crippen LogP contribution >= 0.6 is 0 Å². The first-order chi connectivity index (χ1) is 7.94. The third kappa shape index (κ3) is 10.1. The largest absolute Gasteiger partial charge is 0.468 e. The first kappa shape index (κ1) is 14.8. The van der Waals surface area contributed by atoms with Crippen molar-refractivity contribution in [2.75, 3.05) is 0 Å². The molecule has 10 heteroatoms. The van der Waals surface area contributed by atoms with Gasteiger partial charge in [0.25, 0.3) is 0 Å². The lowest BCUT2D eigenvalue weighted by atomic mass is 11.0. The van der Waals surface area contributed by atoms with Crippen LogP contribution in [0.2, 0.25) is 0 Å². The van der Waals surface area contributed by atoms with Crippen LogP contribution < -0.4 is 0 Å². The molecule has 2 rings (SSSR count). The number of carbonyl (C=O) groups is 1. The molecule has 2 heterocycles. The van der Waals surface area contributed by atoms with Crippen LogP contribution in [0.1, 0.15) is 0 Å². The number of rotatable bonds is 0. The monoisotopic (exact) mass is 264 g/mol. The van der Waals surface area contributed by atoms with Crippen molar-refractivity contribution in [3.63, 3.8) is 0 Å². The van der Waals surface area contributed by atoms with Gasteiger partial charge in [-0.15, -0.1) is 0 Å². The highest BCUT2D eigenvalue weighted by Gasteiger charge is 2.14. The van der Waals surface area contributed by atoms with Crippen molar-refractivity contribution in [2.45, 2.75) is 0 Å². The van der Waals surface area contributed by atoms with Crippen molar-refractivity contribution in [3.8, 4) is 0 Å². The van der Waals surface area contributed by atoms with E-state index < -0.39 is 15.4 Å². The summed E-state index contributed by atoms with van der Waals surface area (Å²) in [5.41, 5.74) is 0. The summed E-state index contributed by atoms with van der Waals surface area (Å²) in [6.07, 6.45) is 8.94. The molecule has 94 valence electrons. The predicted octanol–water partition coefficient (Wildman–Crippen LogP) is 0.901. The van der Waals surface area contributed by atoms with E-state index >= 15 is 0 Å². The van der Waals surface area contributed by atoms with E-state index in [1.807, 2.05) is 0 Å². The normalized spacial score (nSPS) is 9.24. The molecule has 0 amide bonds. The molecule has 0 saturated heterocycles. The summed E-state index contributed by atoms with van der Waals surface area (Å²) in [6, 6.07) is 0. The van der Waals surface area contributed by atoms with Crippen LogP contribution in [0.4, 0.5) is 4.79 Å². The van der Waals surface area contributed by atoms with Crippen molar-refractivity contribution in [2.24, 2.45) is 0 Å². The zero-order valence-corrected chi connectivity index (χ0v) is 9.02.